The van der Waals surface area contributed by atoms with Crippen molar-refractivity contribution in [2.45, 2.75) is 33.2 Å². The van der Waals surface area contributed by atoms with Crippen molar-refractivity contribution < 1.29 is 9.32 Å². The van der Waals surface area contributed by atoms with Crippen LogP contribution < -0.4 is 5.32 Å². The van der Waals surface area contributed by atoms with Crippen LogP contribution in [0.2, 0.25) is 0 Å². The average molecular weight is 294 g/mol. The fraction of sp³-hybridized carbons (Fsp3) is 0.733. The molecule has 0 aliphatic carbocycles. The Labute approximate surface area is 126 Å². The quantitative estimate of drug-likeness (QED) is 0.922. The van der Waals surface area contributed by atoms with Crippen molar-refractivity contribution in [3.05, 3.63) is 17.0 Å². The van der Waals surface area contributed by atoms with Crippen molar-refractivity contribution in [3.63, 3.8) is 0 Å². The number of hydrogen-bond acceptors (Lipinski definition) is 4. The molecule has 6 nitrogen and oxygen atoms in total. The van der Waals surface area contributed by atoms with Crippen LogP contribution in [0, 0.1) is 19.8 Å². The summed E-state index contributed by atoms with van der Waals surface area (Å²) in [5.41, 5.74) is 1.82. The van der Waals surface area contributed by atoms with Crippen LogP contribution in [0.15, 0.2) is 4.52 Å². The van der Waals surface area contributed by atoms with Gasteiger partial charge in [0.2, 0.25) is 0 Å². The Morgan fingerprint density at radius 1 is 1.52 bits per heavy atom. The topological polar surface area (TPSA) is 61.6 Å². The molecule has 118 valence electrons. The van der Waals surface area contributed by atoms with Crippen LogP contribution in [0.4, 0.5) is 4.79 Å². The molecule has 0 unspecified atom stereocenters. The maximum absolute atomic E-state index is 12.4. The minimum atomic E-state index is -0.0864. The van der Waals surface area contributed by atoms with Gasteiger partial charge in [0, 0.05) is 25.2 Å². The van der Waals surface area contributed by atoms with Crippen molar-refractivity contribution in [2.24, 2.45) is 5.92 Å². The van der Waals surface area contributed by atoms with Crippen LogP contribution in [0.25, 0.3) is 0 Å². The molecule has 2 atom stereocenters. The van der Waals surface area contributed by atoms with Gasteiger partial charge < -0.3 is 19.6 Å². The van der Waals surface area contributed by atoms with Gasteiger partial charge in [-0.2, -0.15) is 0 Å². The van der Waals surface area contributed by atoms with Gasteiger partial charge >= 0.3 is 6.03 Å². The predicted molar refractivity (Wildman–Crippen MR) is 81.2 cm³/mol. The minimum Gasteiger partial charge on any atom is -0.361 e. The van der Waals surface area contributed by atoms with E-state index in [1.165, 1.54) is 0 Å². The average Bonchev–Trinajstić information content (AvgIpc) is 2.96. The number of hydrogen-bond donors (Lipinski definition) is 1. The van der Waals surface area contributed by atoms with E-state index in [2.05, 4.69) is 29.5 Å². The Hall–Kier alpha value is -1.56. The lowest BCUT2D eigenvalue weighted by molar-refractivity contribution is 0.202. The minimum absolute atomic E-state index is 0.00348. The lowest BCUT2D eigenvalue weighted by atomic mass is 10.1. The second-order valence-electron chi connectivity index (χ2n) is 6.27. The van der Waals surface area contributed by atoms with Crippen LogP contribution in [0.5, 0.6) is 0 Å². The molecule has 0 bridgehead atoms. The maximum Gasteiger partial charge on any atom is 0.317 e. The van der Waals surface area contributed by atoms with Gasteiger partial charge in [-0.25, -0.2) is 4.79 Å². The number of aryl methyl sites for hydroxylation is 2. The first kappa shape index (κ1) is 15.8. The molecular weight excluding hydrogens is 268 g/mol. The smallest absolute Gasteiger partial charge is 0.317 e. The monoisotopic (exact) mass is 294 g/mol. The van der Waals surface area contributed by atoms with Crippen LogP contribution >= 0.6 is 0 Å². The number of likely N-dealkylation sites (tertiary alicyclic amines) is 1. The highest BCUT2D eigenvalue weighted by Crippen LogP contribution is 2.22. The molecule has 1 fully saturated rings. The highest BCUT2D eigenvalue weighted by molar-refractivity contribution is 5.75. The summed E-state index contributed by atoms with van der Waals surface area (Å²) in [4.78, 5) is 16.4. The zero-order valence-electron chi connectivity index (χ0n) is 13.6. The van der Waals surface area contributed by atoms with Crippen LogP contribution in [-0.2, 0) is 0 Å². The van der Waals surface area contributed by atoms with Crippen molar-refractivity contribution >= 4 is 6.03 Å². The van der Waals surface area contributed by atoms with Gasteiger partial charge in [0.05, 0.1) is 11.7 Å². The summed E-state index contributed by atoms with van der Waals surface area (Å²) < 4.78 is 5.16. The number of carbonyl (C=O) groups is 1. The Kier molecular flexibility index (Phi) is 4.88. The summed E-state index contributed by atoms with van der Waals surface area (Å²) in [7, 11) is 4.14. The molecule has 0 saturated carbocycles. The van der Waals surface area contributed by atoms with Gasteiger partial charge in [0.1, 0.15) is 5.76 Å². The molecule has 6 heteroatoms. The third-order valence-electron chi connectivity index (χ3n) is 4.06. The van der Waals surface area contributed by atoms with E-state index < -0.39 is 0 Å². The number of rotatable bonds is 4. The molecule has 2 rings (SSSR count). The normalized spacial score (nSPS) is 20.1. The molecule has 2 heterocycles. The molecular formula is C15H26N4O2. The number of urea groups is 1. The molecule has 21 heavy (non-hydrogen) atoms. The van der Waals surface area contributed by atoms with Crippen molar-refractivity contribution in [2.75, 3.05) is 33.7 Å². The molecule has 0 radical (unpaired) electrons. The Morgan fingerprint density at radius 2 is 2.24 bits per heavy atom. The van der Waals surface area contributed by atoms with E-state index in [4.69, 9.17) is 4.52 Å². The molecule has 1 aromatic rings. The molecule has 1 saturated heterocycles. The standard InChI is InChI=1S/C15H26N4O2/c1-10(14-11(2)17-21-12(14)3)16-15(20)19-7-6-13(9-19)8-18(4)5/h10,13H,6-9H2,1-5H3,(H,16,20)/t10-,13-/m0/s1. The highest BCUT2D eigenvalue weighted by atomic mass is 16.5. The largest absolute Gasteiger partial charge is 0.361 e. The molecule has 1 aliphatic heterocycles. The van der Waals surface area contributed by atoms with E-state index in [9.17, 15) is 4.79 Å². The number of amides is 2. The maximum atomic E-state index is 12.4. The van der Waals surface area contributed by atoms with Gasteiger partial charge in [-0.15, -0.1) is 0 Å². The van der Waals surface area contributed by atoms with E-state index in [1.807, 2.05) is 25.7 Å². The third-order valence-corrected chi connectivity index (χ3v) is 4.06. The first-order valence-electron chi connectivity index (χ1n) is 7.51. The lowest BCUT2D eigenvalue weighted by Crippen LogP contribution is -2.40. The van der Waals surface area contributed by atoms with Gasteiger partial charge in [-0.1, -0.05) is 5.16 Å². The number of nitrogens with zero attached hydrogens (tertiary/aromatic N) is 3. The summed E-state index contributed by atoms with van der Waals surface area (Å²) in [6, 6.07) is -0.0830. The Morgan fingerprint density at radius 3 is 2.81 bits per heavy atom. The van der Waals surface area contributed by atoms with Gasteiger partial charge in [0.15, 0.2) is 0 Å². The summed E-state index contributed by atoms with van der Waals surface area (Å²) in [6.07, 6.45) is 1.07. The number of carbonyl (C=O) groups excluding carboxylic acids is 1. The van der Waals surface area contributed by atoms with E-state index in [0.717, 1.165) is 43.1 Å². The zero-order valence-corrected chi connectivity index (χ0v) is 13.6. The molecule has 1 aromatic heterocycles. The first-order valence-corrected chi connectivity index (χ1v) is 7.51. The second-order valence-corrected chi connectivity index (χ2v) is 6.27. The second kappa shape index (κ2) is 6.47. The van der Waals surface area contributed by atoms with Gasteiger partial charge in [-0.05, 0) is 47.2 Å². The first-order chi connectivity index (χ1) is 9.88. The highest BCUT2D eigenvalue weighted by Gasteiger charge is 2.28. The molecule has 0 aromatic carbocycles. The van der Waals surface area contributed by atoms with Crippen molar-refractivity contribution in [3.8, 4) is 0 Å². The fourth-order valence-electron chi connectivity index (χ4n) is 3.14. The van der Waals surface area contributed by atoms with Crippen LogP contribution in [0.1, 0.15) is 36.4 Å². The molecule has 0 spiro atoms. The third kappa shape index (κ3) is 3.75. The molecule has 1 aliphatic rings. The Balaban J connectivity index is 1.90. The lowest BCUT2D eigenvalue weighted by Gasteiger charge is -2.21. The van der Waals surface area contributed by atoms with Gasteiger partial charge in [0.25, 0.3) is 0 Å². The van der Waals surface area contributed by atoms with Crippen molar-refractivity contribution in [1.82, 2.24) is 20.3 Å². The van der Waals surface area contributed by atoms with Crippen LogP contribution in [0.3, 0.4) is 0 Å². The summed E-state index contributed by atoms with van der Waals surface area (Å²) in [6.45, 7) is 8.44. The molecule has 2 amide bonds. The number of nitrogens with one attached hydrogen (secondary N) is 1. The van der Waals surface area contributed by atoms with E-state index in [1.54, 1.807) is 0 Å². The summed E-state index contributed by atoms with van der Waals surface area (Å²) in [5, 5.41) is 6.99. The van der Waals surface area contributed by atoms with Crippen LogP contribution in [-0.4, -0.2) is 54.7 Å². The van der Waals surface area contributed by atoms with E-state index in [0.29, 0.717) is 5.92 Å². The zero-order chi connectivity index (χ0) is 15.6. The molecule has 1 N–H and O–H groups in total. The van der Waals surface area contributed by atoms with Gasteiger partial charge in [-0.3, -0.25) is 0 Å². The summed E-state index contributed by atoms with van der Waals surface area (Å²) in [5.74, 6) is 1.34. The fourth-order valence-corrected chi connectivity index (χ4v) is 3.14. The Bertz CT molecular complexity index is 478. The SMILES string of the molecule is Cc1noc(C)c1[C@H](C)NC(=O)N1CC[C@@H](CN(C)C)C1. The van der Waals surface area contributed by atoms with Crippen molar-refractivity contribution in [1.29, 1.82) is 0 Å². The van der Waals surface area contributed by atoms with E-state index in [-0.39, 0.29) is 12.1 Å². The number of aromatic nitrogens is 1. The summed E-state index contributed by atoms with van der Waals surface area (Å²) >= 11 is 0. The van der Waals surface area contributed by atoms with E-state index >= 15 is 0 Å². The predicted octanol–water partition coefficient (Wildman–Crippen LogP) is 1.95.